The van der Waals surface area contributed by atoms with Gasteiger partial charge in [-0.25, -0.2) is 0 Å². The second-order valence-corrected chi connectivity index (χ2v) is 9.99. The van der Waals surface area contributed by atoms with Gasteiger partial charge in [-0.05, 0) is 78.2 Å². The third kappa shape index (κ3) is 6.10. The Morgan fingerprint density at radius 2 is 1.78 bits per heavy atom. The number of carbonyl (C=O) groups excluding carboxylic acids is 3. The molecule has 1 fully saturated rings. The first-order chi connectivity index (χ1) is 17.2. The maximum atomic E-state index is 12.9. The Morgan fingerprint density at radius 1 is 1.00 bits per heavy atom. The van der Waals surface area contributed by atoms with E-state index in [1.165, 1.54) is 4.90 Å². The molecule has 9 heteroatoms. The first-order valence-corrected chi connectivity index (χ1v) is 12.6. The molecule has 0 atom stereocenters. The number of hydrogen-bond acceptors (Lipinski definition) is 5. The molecule has 0 aromatic heterocycles. The molecule has 1 N–H and O–H groups in total. The minimum absolute atomic E-state index is 0.221. The van der Waals surface area contributed by atoms with Gasteiger partial charge < -0.3 is 10.1 Å². The Kier molecular flexibility index (Phi) is 8.04. The molecule has 0 radical (unpaired) electrons. The zero-order valence-corrected chi connectivity index (χ0v) is 21.8. The summed E-state index contributed by atoms with van der Waals surface area (Å²) in [5.74, 6) is -0.395. The molecule has 1 heterocycles. The van der Waals surface area contributed by atoms with Crippen LogP contribution in [0.15, 0.2) is 65.6 Å². The molecule has 0 bridgehead atoms. The van der Waals surface area contributed by atoms with Crippen molar-refractivity contribution in [1.29, 1.82) is 0 Å². The number of thioether (sulfide) groups is 1. The van der Waals surface area contributed by atoms with Crippen molar-refractivity contribution >= 4 is 63.8 Å². The van der Waals surface area contributed by atoms with Crippen LogP contribution in [0.3, 0.4) is 0 Å². The van der Waals surface area contributed by atoms with Crippen LogP contribution in [-0.4, -0.2) is 28.6 Å². The molecular weight excluding hydrogens is 519 g/mol. The van der Waals surface area contributed by atoms with E-state index < -0.39 is 0 Å². The fourth-order valence-corrected chi connectivity index (χ4v) is 4.74. The number of nitrogens with one attached hydrogen (secondary N) is 1. The fraction of sp³-hybridized carbons (Fsp3) is 0.148. The van der Waals surface area contributed by atoms with Gasteiger partial charge in [0.05, 0.1) is 16.5 Å². The molecule has 6 nitrogen and oxygen atoms in total. The molecule has 3 aromatic rings. The number of benzene rings is 3. The number of ether oxygens (including phenoxy) is 1. The molecule has 0 spiro atoms. The van der Waals surface area contributed by atoms with Crippen molar-refractivity contribution in [3.05, 3.63) is 97.9 Å². The first kappa shape index (κ1) is 25.8. The Morgan fingerprint density at radius 3 is 2.50 bits per heavy atom. The van der Waals surface area contributed by atoms with Crippen LogP contribution >= 0.6 is 35.0 Å². The van der Waals surface area contributed by atoms with Crippen molar-refractivity contribution in [1.82, 2.24) is 4.90 Å². The van der Waals surface area contributed by atoms with Gasteiger partial charge in [0, 0.05) is 10.7 Å². The van der Waals surface area contributed by atoms with Gasteiger partial charge in [0.25, 0.3) is 17.1 Å². The largest absolute Gasteiger partial charge is 0.482 e. The van der Waals surface area contributed by atoms with E-state index in [-0.39, 0.29) is 35.2 Å². The smallest absolute Gasteiger partial charge is 0.293 e. The molecule has 3 amide bonds. The molecule has 1 aliphatic heterocycles. The number of rotatable bonds is 7. The monoisotopic (exact) mass is 540 g/mol. The summed E-state index contributed by atoms with van der Waals surface area (Å²) in [5.41, 5.74) is 4.04. The van der Waals surface area contributed by atoms with Crippen LogP contribution in [-0.2, 0) is 16.1 Å². The highest BCUT2D eigenvalue weighted by molar-refractivity contribution is 8.18. The van der Waals surface area contributed by atoms with Gasteiger partial charge in [-0.1, -0.05) is 59.6 Å². The Hall–Kier alpha value is -3.26. The minimum Gasteiger partial charge on any atom is -0.482 e. The number of aryl methyl sites for hydroxylation is 2. The molecule has 0 aliphatic carbocycles. The van der Waals surface area contributed by atoms with E-state index in [1.807, 2.05) is 44.2 Å². The van der Waals surface area contributed by atoms with Crippen LogP contribution in [0.25, 0.3) is 6.08 Å². The summed E-state index contributed by atoms with van der Waals surface area (Å²) in [6, 6.07) is 17.8. The molecular formula is C27H22Cl2N2O4S. The standard InChI is InChI=1S/C27H22Cl2N2O4S/c1-16-5-3-4-6-19(16)14-31-26(33)24(36-27(31)34)12-18-8-10-23(22(29)11-18)35-15-25(32)30-20-9-7-17(2)21(28)13-20/h3-13H,14-15H2,1-2H3,(H,30,32)/b24-12-. The summed E-state index contributed by atoms with van der Waals surface area (Å²) < 4.78 is 5.55. The maximum absolute atomic E-state index is 12.9. The predicted molar refractivity (Wildman–Crippen MR) is 144 cm³/mol. The Labute approximate surface area is 223 Å². The third-order valence-electron chi connectivity index (χ3n) is 5.53. The van der Waals surface area contributed by atoms with Crippen molar-refractivity contribution in [3.63, 3.8) is 0 Å². The van der Waals surface area contributed by atoms with Crippen molar-refractivity contribution in [2.45, 2.75) is 20.4 Å². The molecule has 36 heavy (non-hydrogen) atoms. The lowest BCUT2D eigenvalue weighted by molar-refractivity contribution is -0.123. The fourth-order valence-electron chi connectivity index (χ4n) is 3.48. The van der Waals surface area contributed by atoms with E-state index in [1.54, 1.807) is 36.4 Å². The molecule has 4 rings (SSSR count). The lowest BCUT2D eigenvalue weighted by Crippen LogP contribution is -2.27. The SMILES string of the molecule is Cc1ccc(NC(=O)COc2ccc(/C=C3\SC(=O)N(Cc4ccccc4C)C3=O)cc2Cl)cc1Cl. The zero-order chi connectivity index (χ0) is 25.8. The number of carbonyl (C=O) groups is 3. The van der Waals surface area contributed by atoms with Crippen LogP contribution in [0, 0.1) is 13.8 Å². The average Bonchev–Trinajstić information content (AvgIpc) is 3.09. The highest BCUT2D eigenvalue weighted by Crippen LogP contribution is 2.35. The molecule has 184 valence electrons. The van der Waals surface area contributed by atoms with Gasteiger partial charge in [0.2, 0.25) is 0 Å². The van der Waals surface area contributed by atoms with Crippen LogP contribution in [0.1, 0.15) is 22.3 Å². The summed E-state index contributed by atoms with van der Waals surface area (Å²) in [6.07, 6.45) is 1.62. The highest BCUT2D eigenvalue weighted by atomic mass is 35.5. The van der Waals surface area contributed by atoms with Crippen LogP contribution in [0.5, 0.6) is 5.75 Å². The minimum atomic E-state index is -0.364. The van der Waals surface area contributed by atoms with Gasteiger partial charge in [0.15, 0.2) is 6.61 Å². The number of hydrogen-bond donors (Lipinski definition) is 1. The van der Waals surface area contributed by atoms with E-state index in [0.717, 1.165) is 28.5 Å². The average molecular weight is 541 g/mol. The van der Waals surface area contributed by atoms with E-state index in [4.69, 9.17) is 27.9 Å². The summed E-state index contributed by atoms with van der Waals surface area (Å²) >= 11 is 13.3. The van der Waals surface area contributed by atoms with Crippen LogP contribution in [0.4, 0.5) is 10.5 Å². The van der Waals surface area contributed by atoms with E-state index in [2.05, 4.69) is 5.32 Å². The predicted octanol–water partition coefficient (Wildman–Crippen LogP) is 6.86. The zero-order valence-electron chi connectivity index (χ0n) is 19.5. The first-order valence-electron chi connectivity index (χ1n) is 11.0. The molecule has 1 aliphatic rings. The number of anilines is 1. The van der Waals surface area contributed by atoms with Crippen molar-refractivity contribution in [2.24, 2.45) is 0 Å². The number of imide groups is 1. The summed E-state index contributed by atoms with van der Waals surface area (Å²) in [6.45, 7) is 3.79. The molecule has 3 aromatic carbocycles. The second-order valence-electron chi connectivity index (χ2n) is 8.19. The van der Waals surface area contributed by atoms with Crippen LogP contribution < -0.4 is 10.1 Å². The summed E-state index contributed by atoms with van der Waals surface area (Å²) in [7, 11) is 0. The number of amides is 3. The van der Waals surface area contributed by atoms with E-state index in [9.17, 15) is 14.4 Å². The highest BCUT2D eigenvalue weighted by Gasteiger charge is 2.35. The van der Waals surface area contributed by atoms with Crippen LogP contribution in [0.2, 0.25) is 10.0 Å². The molecule has 1 saturated heterocycles. The topological polar surface area (TPSA) is 75.7 Å². The maximum Gasteiger partial charge on any atom is 0.293 e. The Bertz CT molecular complexity index is 1390. The normalized spacial score (nSPS) is 14.4. The quantitative estimate of drug-likeness (QED) is 0.331. The van der Waals surface area contributed by atoms with Gasteiger partial charge in [0.1, 0.15) is 5.75 Å². The van der Waals surface area contributed by atoms with Gasteiger partial charge in [-0.15, -0.1) is 0 Å². The van der Waals surface area contributed by atoms with Crippen molar-refractivity contribution in [3.8, 4) is 5.75 Å². The summed E-state index contributed by atoms with van der Waals surface area (Å²) in [5, 5.41) is 3.23. The molecule has 0 unspecified atom stereocenters. The lowest BCUT2D eigenvalue weighted by atomic mass is 10.1. The van der Waals surface area contributed by atoms with E-state index in [0.29, 0.717) is 26.9 Å². The third-order valence-corrected chi connectivity index (χ3v) is 7.14. The molecule has 0 saturated carbocycles. The summed E-state index contributed by atoms with van der Waals surface area (Å²) in [4.78, 5) is 39.1. The second kappa shape index (κ2) is 11.2. The van der Waals surface area contributed by atoms with Gasteiger partial charge in [-0.2, -0.15) is 0 Å². The Balaban J connectivity index is 1.39. The van der Waals surface area contributed by atoms with Crippen molar-refractivity contribution < 1.29 is 19.1 Å². The number of nitrogens with zero attached hydrogens (tertiary/aromatic N) is 1. The lowest BCUT2D eigenvalue weighted by Gasteiger charge is -2.14. The van der Waals surface area contributed by atoms with Crippen molar-refractivity contribution in [2.75, 3.05) is 11.9 Å². The van der Waals surface area contributed by atoms with E-state index >= 15 is 0 Å². The van der Waals surface area contributed by atoms with Gasteiger partial charge in [-0.3, -0.25) is 19.3 Å². The number of halogens is 2. The van der Waals surface area contributed by atoms with Gasteiger partial charge >= 0.3 is 0 Å².